The summed E-state index contributed by atoms with van der Waals surface area (Å²) in [5.74, 6) is -2.83. The molecule has 4 nitrogen and oxygen atoms in total. The first-order valence-electron chi connectivity index (χ1n) is 4.43. The van der Waals surface area contributed by atoms with Crippen LogP contribution in [-0.4, -0.2) is 21.3 Å². The van der Waals surface area contributed by atoms with E-state index in [-0.39, 0.29) is 17.0 Å². The van der Waals surface area contributed by atoms with Gasteiger partial charge in [-0.3, -0.25) is 5.10 Å². The third-order valence-corrected chi connectivity index (χ3v) is 2.48. The summed E-state index contributed by atoms with van der Waals surface area (Å²) in [6.07, 6.45) is 0. The fourth-order valence-corrected chi connectivity index (χ4v) is 1.57. The van der Waals surface area contributed by atoms with Gasteiger partial charge < -0.3 is 5.11 Å². The van der Waals surface area contributed by atoms with Crippen LogP contribution in [0.3, 0.4) is 0 Å². The molecule has 1 heterocycles. The molecule has 1 aromatic carbocycles. The normalized spacial score (nSPS) is 10.5. The number of aromatic carboxylic acids is 1. The van der Waals surface area contributed by atoms with Crippen molar-refractivity contribution in [2.75, 3.05) is 0 Å². The molecule has 0 aliphatic heterocycles. The van der Waals surface area contributed by atoms with Crippen molar-refractivity contribution >= 4 is 17.6 Å². The Kier molecular flexibility index (Phi) is 2.81. The first kappa shape index (κ1) is 11.5. The number of carboxylic acids is 1. The SMILES string of the molecule is O=C(O)c1cc(-c2c(F)ccc(F)c2Cl)n[nH]1. The lowest BCUT2D eigenvalue weighted by Gasteiger charge is -2.02. The van der Waals surface area contributed by atoms with Gasteiger partial charge in [0, 0.05) is 0 Å². The summed E-state index contributed by atoms with van der Waals surface area (Å²) >= 11 is 5.61. The Hall–Kier alpha value is -1.95. The summed E-state index contributed by atoms with van der Waals surface area (Å²) in [7, 11) is 0. The first-order chi connectivity index (χ1) is 8.00. The second-order valence-corrected chi connectivity index (χ2v) is 3.57. The van der Waals surface area contributed by atoms with Crippen LogP contribution in [0.5, 0.6) is 0 Å². The predicted octanol–water partition coefficient (Wildman–Crippen LogP) is 2.71. The van der Waals surface area contributed by atoms with Gasteiger partial charge >= 0.3 is 5.97 Å². The Morgan fingerprint density at radius 3 is 2.59 bits per heavy atom. The van der Waals surface area contributed by atoms with Crippen LogP contribution in [-0.2, 0) is 0 Å². The molecule has 0 aliphatic rings. The number of aromatic nitrogens is 2. The number of halogens is 3. The van der Waals surface area contributed by atoms with E-state index in [2.05, 4.69) is 10.2 Å². The Morgan fingerprint density at radius 2 is 2.00 bits per heavy atom. The van der Waals surface area contributed by atoms with E-state index in [0.29, 0.717) is 0 Å². The smallest absolute Gasteiger partial charge is 0.353 e. The Balaban J connectivity index is 2.60. The third-order valence-electron chi connectivity index (χ3n) is 2.11. The number of aromatic amines is 1. The summed E-state index contributed by atoms with van der Waals surface area (Å²) in [5, 5.41) is 14.0. The van der Waals surface area contributed by atoms with E-state index in [0.717, 1.165) is 18.2 Å². The van der Waals surface area contributed by atoms with E-state index in [1.807, 2.05) is 0 Å². The number of nitrogens with one attached hydrogen (secondary N) is 1. The van der Waals surface area contributed by atoms with Crippen LogP contribution in [0.1, 0.15) is 10.5 Å². The molecule has 0 unspecified atom stereocenters. The summed E-state index contributed by atoms with van der Waals surface area (Å²) in [5.41, 5.74) is -0.570. The lowest BCUT2D eigenvalue weighted by Crippen LogP contribution is -1.95. The molecule has 2 rings (SSSR count). The Labute approximate surface area is 98.8 Å². The van der Waals surface area contributed by atoms with Crippen LogP contribution in [0.2, 0.25) is 5.02 Å². The van der Waals surface area contributed by atoms with Crippen LogP contribution in [0, 0.1) is 11.6 Å². The quantitative estimate of drug-likeness (QED) is 0.814. The van der Waals surface area contributed by atoms with Gasteiger partial charge in [-0.1, -0.05) is 11.6 Å². The van der Waals surface area contributed by atoms with Gasteiger partial charge in [-0.05, 0) is 18.2 Å². The fraction of sp³-hybridized carbons (Fsp3) is 0. The molecule has 2 N–H and O–H groups in total. The van der Waals surface area contributed by atoms with Crippen molar-refractivity contribution in [2.45, 2.75) is 0 Å². The zero-order valence-corrected chi connectivity index (χ0v) is 8.92. The fourth-order valence-electron chi connectivity index (χ4n) is 1.32. The highest BCUT2D eigenvalue weighted by Gasteiger charge is 2.18. The van der Waals surface area contributed by atoms with Gasteiger partial charge in [0.2, 0.25) is 0 Å². The van der Waals surface area contributed by atoms with Crippen molar-refractivity contribution in [3.05, 3.63) is 40.6 Å². The lowest BCUT2D eigenvalue weighted by molar-refractivity contribution is 0.0690. The van der Waals surface area contributed by atoms with Crippen LogP contribution in [0.25, 0.3) is 11.3 Å². The number of hydrogen-bond acceptors (Lipinski definition) is 2. The second-order valence-electron chi connectivity index (χ2n) is 3.19. The van der Waals surface area contributed by atoms with Gasteiger partial charge in [0.1, 0.15) is 17.3 Å². The molecule has 1 aromatic heterocycles. The summed E-state index contributed by atoms with van der Waals surface area (Å²) in [6, 6.07) is 2.85. The molecular weight excluding hydrogens is 254 g/mol. The number of H-pyrrole nitrogens is 1. The largest absolute Gasteiger partial charge is 0.477 e. The highest BCUT2D eigenvalue weighted by atomic mass is 35.5. The third kappa shape index (κ3) is 1.99. The number of benzene rings is 1. The molecule has 2 aromatic rings. The van der Waals surface area contributed by atoms with Gasteiger partial charge in [0.25, 0.3) is 0 Å². The summed E-state index contributed by atoms with van der Waals surface area (Å²) < 4.78 is 26.6. The molecule has 0 saturated carbocycles. The standard InChI is InChI=1S/C10H5ClF2N2O2/c11-9-5(13)2-1-4(12)8(9)6-3-7(10(16)17)15-14-6/h1-3H,(H,14,15)(H,16,17). The van der Waals surface area contributed by atoms with Crippen molar-refractivity contribution in [3.63, 3.8) is 0 Å². The van der Waals surface area contributed by atoms with Crippen molar-refractivity contribution in [1.82, 2.24) is 10.2 Å². The number of carboxylic acid groups (broad SMARTS) is 1. The highest BCUT2D eigenvalue weighted by Crippen LogP contribution is 2.31. The van der Waals surface area contributed by atoms with Crippen molar-refractivity contribution in [1.29, 1.82) is 0 Å². The predicted molar refractivity (Wildman–Crippen MR) is 55.9 cm³/mol. The average Bonchev–Trinajstić information content (AvgIpc) is 2.73. The van der Waals surface area contributed by atoms with E-state index < -0.39 is 22.6 Å². The lowest BCUT2D eigenvalue weighted by atomic mass is 10.1. The molecule has 0 bridgehead atoms. The monoisotopic (exact) mass is 258 g/mol. The van der Waals surface area contributed by atoms with Crippen LogP contribution < -0.4 is 0 Å². The van der Waals surface area contributed by atoms with Crippen LogP contribution in [0.4, 0.5) is 8.78 Å². The topological polar surface area (TPSA) is 66.0 Å². The van der Waals surface area contributed by atoms with Crippen molar-refractivity contribution in [2.24, 2.45) is 0 Å². The summed E-state index contributed by atoms with van der Waals surface area (Å²) in [6.45, 7) is 0. The molecule has 7 heteroatoms. The minimum absolute atomic E-state index is 0.0654. The van der Waals surface area contributed by atoms with E-state index in [1.165, 1.54) is 0 Å². The zero-order valence-electron chi connectivity index (χ0n) is 8.17. The van der Waals surface area contributed by atoms with Crippen LogP contribution in [0.15, 0.2) is 18.2 Å². The molecule has 0 spiro atoms. The second kappa shape index (κ2) is 4.14. The Morgan fingerprint density at radius 1 is 1.35 bits per heavy atom. The molecule has 17 heavy (non-hydrogen) atoms. The van der Waals surface area contributed by atoms with E-state index in [4.69, 9.17) is 16.7 Å². The molecule has 0 aliphatic carbocycles. The van der Waals surface area contributed by atoms with E-state index in [1.54, 1.807) is 0 Å². The zero-order chi connectivity index (χ0) is 12.6. The van der Waals surface area contributed by atoms with Gasteiger partial charge in [-0.15, -0.1) is 0 Å². The molecular formula is C10H5ClF2N2O2. The molecule has 0 radical (unpaired) electrons. The van der Waals surface area contributed by atoms with Gasteiger partial charge in [0.15, 0.2) is 0 Å². The molecule has 0 fully saturated rings. The van der Waals surface area contributed by atoms with E-state index >= 15 is 0 Å². The molecule has 88 valence electrons. The van der Waals surface area contributed by atoms with E-state index in [9.17, 15) is 13.6 Å². The molecule has 0 amide bonds. The Bertz CT molecular complexity index is 598. The minimum atomic E-state index is -1.25. The minimum Gasteiger partial charge on any atom is -0.477 e. The number of carbonyl (C=O) groups is 1. The van der Waals surface area contributed by atoms with Gasteiger partial charge in [-0.2, -0.15) is 5.10 Å². The van der Waals surface area contributed by atoms with Crippen LogP contribution >= 0.6 is 11.6 Å². The summed E-state index contributed by atoms with van der Waals surface area (Å²) in [4.78, 5) is 10.6. The number of rotatable bonds is 2. The number of hydrogen-bond donors (Lipinski definition) is 2. The number of nitrogens with zero attached hydrogens (tertiary/aromatic N) is 1. The van der Waals surface area contributed by atoms with Gasteiger partial charge in [-0.25, -0.2) is 13.6 Å². The van der Waals surface area contributed by atoms with Crippen molar-refractivity contribution < 1.29 is 18.7 Å². The van der Waals surface area contributed by atoms with Crippen molar-refractivity contribution in [3.8, 4) is 11.3 Å². The average molecular weight is 259 g/mol. The maximum Gasteiger partial charge on any atom is 0.353 e. The van der Waals surface area contributed by atoms with Gasteiger partial charge in [0.05, 0.1) is 16.3 Å². The highest BCUT2D eigenvalue weighted by molar-refractivity contribution is 6.33. The molecule has 0 atom stereocenters. The maximum atomic E-state index is 13.5. The maximum absolute atomic E-state index is 13.5. The first-order valence-corrected chi connectivity index (χ1v) is 4.81. The molecule has 0 saturated heterocycles.